The smallest absolute Gasteiger partial charge is 0.0718 e. The molecule has 1 aliphatic heterocycles. The number of nitrogens with zero attached hydrogens (tertiary/aromatic N) is 1. The van der Waals surface area contributed by atoms with E-state index >= 15 is 0 Å². The Hall–Kier alpha value is -0.850. The molecule has 0 bridgehead atoms. The number of hydrogen-bond donors (Lipinski definition) is 0. The minimum Gasteiger partial charge on any atom is -0.281 e. The van der Waals surface area contributed by atoms with Crippen LogP contribution in [0, 0.1) is 0 Å². The molecule has 1 heterocycles. The summed E-state index contributed by atoms with van der Waals surface area (Å²) in [6.07, 6.45) is 14.2. The van der Waals surface area contributed by atoms with Crippen molar-refractivity contribution in [2.24, 2.45) is 4.99 Å². The van der Waals surface area contributed by atoms with Crippen LogP contribution < -0.4 is 0 Å². The predicted molar refractivity (Wildman–Crippen MR) is 73.6 cm³/mol. The molecule has 0 spiro atoms. The van der Waals surface area contributed by atoms with Crippen molar-refractivity contribution in [1.29, 1.82) is 0 Å². The fourth-order valence-electron chi connectivity index (χ4n) is 3.59. The average molecular weight is 229 g/mol. The van der Waals surface area contributed by atoms with Crippen LogP contribution in [0.15, 0.2) is 27.8 Å². The minimum atomic E-state index is 0.565. The molecule has 0 aromatic carbocycles. The van der Waals surface area contributed by atoms with Gasteiger partial charge in [-0.25, -0.2) is 0 Å². The topological polar surface area (TPSA) is 12.4 Å². The van der Waals surface area contributed by atoms with Crippen molar-refractivity contribution < 1.29 is 0 Å². The maximum Gasteiger partial charge on any atom is 0.0718 e. The average Bonchev–Trinajstić information content (AvgIpc) is 2.39. The zero-order chi connectivity index (χ0) is 11.7. The molecule has 2 aliphatic carbocycles. The molecule has 1 atom stereocenters. The van der Waals surface area contributed by atoms with Crippen molar-refractivity contribution in [2.45, 2.75) is 70.8 Å². The van der Waals surface area contributed by atoms with Gasteiger partial charge < -0.3 is 0 Å². The van der Waals surface area contributed by atoms with E-state index < -0.39 is 0 Å². The minimum absolute atomic E-state index is 0.565. The Kier molecular flexibility index (Phi) is 3.17. The van der Waals surface area contributed by atoms with Crippen LogP contribution in [0.25, 0.3) is 0 Å². The molecule has 1 heteroatoms. The monoisotopic (exact) mass is 229 g/mol. The lowest BCUT2D eigenvalue weighted by Gasteiger charge is -2.34. The molecule has 3 rings (SSSR count). The third-order valence-corrected chi connectivity index (χ3v) is 4.38. The van der Waals surface area contributed by atoms with Gasteiger partial charge in [-0.2, -0.15) is 0 Å². The second kappa shape index (κ2) is 4.80. The summed E-state index contributed by atoms with van der Waals surface area (Å²) in [5.74, 6) is 0. The highest BCUT2D eigenvalue weighted by molar-refractivity contribution is 6.05. The standard InChI is InChI=1S/C16H23N/c1-2-7-12-13-8-3-5-10-15(13)17-16-11-6-4-9-14(12)16/h8,16H,2-7,9-11H2,1H3. The van der Waals surface area contributed by atoms with Crippen molar-refractivity contribution in [3.8, 4) is 0 Å². The number of fused-ring (bicyclic) bond motifs is 2. The predicted octanol–water partition coefficient (Wildman–Crippen LogP) is 4.59. The molecule has 0 N–H and O–H groups in total. The second-order valence-electron chi connectivity index (χ2n) is 5.60. The largest absolute Gasteiger partial charge is 0.281 e. The fraction of sp³-hybridized carbons (Fsp3) is 0.688. The highest BCUT2D eigenvalue weighted by Gasteiger charge is 2.29. The van der Waals surface area contributed by atoms with Gasteiger partial charge in [0, 0.05) is 5.71 Å². The van der Waals surface area contributed by atoms with Crippen LogP contribution in [0.5, 0.6) is 0 Å². The van der Waals surface area contributed by atoms with Gasteiger partial charge in [-0.05, 0) is 61.7 Å². The zero-order valence-corrected chi connectivity index (χ0v) is 11.0. The summed E-state index contributed by atoms with van der Waals surface area (Å²) < 4.78 is 0. The summed E-state index contributed by atoms with van der Waals surface area (Å²) in [6, 6.07) is 0.565. The third kappa shape index (κ3) is 2.00. The number of aliphatic imine (C=N–C) groups is 1. The number of hydrogen-bond acceptors (Lipinski definition) is 1. The van der Waals surface area contributed by atoms with Gasteiger partial charge in [0.05, 0.1) is 6.04 Å². The highest BCUT2D eigenvalue weighted by Crippen LogP contribution is 2.39. The van der Waals surface area contributed by atoms with Crippen molar-refractivity contribution in [2.75, 3.05) is 0 Å². The molecule has 0 amide bonds. The summed E-state index contributed by atoms with van der Waals surface area (Å²) in [5, 5.41) is 0. The van der Waals surface area contributed by atoms with E-state index in [1.165, 1.54) is 63.5 Å². The van der Waals surface area contributed by atoms with E-state index in [4.69, 9.17) is 4.99 Å². The van der Waals surface area contributed by atoms with Gasteiger partial charge in [-0.3, -0.25) is 4.99 Å². The lowest BCUT2D eigenvalue weighted by atomic mass is 9.77. The summed E-state index contributed by atoms with van der Waals surface area (Å²) >= 11 is 0. The van der Waals surface area contributed by atoms with Crippen LogP contribution in [-0.4, -0.2) is 11.8 Å². The van der Waals surface area contributed by atoms with E-state index in [2.05, 4.69) is 13.0 Å². The molecular weight excluding hydrogens is 206 g/mol. The molecule has 3 aliphatic rings. The summed E-state index contributed by atoms with van der Waals surface area (Å²) in [6.45, 7) is 2.31. The van der Waals surface area contributed by atoms with E-state index in [1.807, 2.05) is 0 Å². The highest BCUT2D eigenvalue weighted by atomic mass is 14.8. The van der Waals surface area contributed by atoms with E-state index in [0.717, 1.165) is 0 Å². The molecular formula is C16H23N. The summed E-state index contributed by atoms with van der Waals surface area (Å²) in [5.41, 5.74) is 6.39. The van der Waals surface area contributed by atoms with Crippen LogP contribution in [0.2, 0.25) is 0 Å². The first-order chi connectivity index (χ1) is 8.40. The van der Waals surface area contributed by atoms with Gasteiger partial charge >= 0.3 is 0 Å². The van der Waals surface area contributed by atoms with Gasteiger partial charge in [0.15, 0.2) is 0 Å². The number of allylic oxidation sites excluding steroid dienone is 3. The van der Waals surface area contributed by atoms with E-state index in [1.54, 1.807) is 16.7 Å². The Morgan fingerprint density at radius 2 is 2.18 bits per heavy atom. The number of dihydropyridines is 1. The normalized spacial score (nSPS) is 28.2. The zero-order valence-electron chi connectivity index (χ0n) is 11.0. The quantitative estimate of drug-likeness (QED) is 0.656. The number of rotatable bonds is 2. The van der Waals surface area contributed by atoms with Gasteiger partial charge in [-0.15, -0.1) is 0 Å². The molecule has 0 aromatic rings. The van der Waals surface area contributed by atoms with E-state index in [0.29, 0.717) is 6.04 Å². The molecule has 0 aromatic heterocycles. The van der Waals surface area contributed by atoms with Crippen LogP contribution >= 0.6 is 0 Å². The molecule has 1 fully saturated rings. The molecule has 0 radical (unpaired) electrons. The maximum absolute atomic E-state index is 5.05. The first-order valence-corrected chi connectivity index (χ1v) is 7.39. The Morgan fingerprint density at radius 3 is 3.06 bits per heavy atom. The molecule has 1 nitrogen and oxygen atoms in total. The van der Waals surface area contributed by atoms with E-state index in [-0.39, 0.29) is 0 Å². The Morgan fingerprint density at radius 1 is 1.24 bits per heavy atom. The Balaban J connectivity index is 2.02. The van der Waals surface area contributed by atoms with Crippen LogP contribution in [0.3, 0.4) is 0 Å². The van der Waals surface area contributed by atoms with Crippen LogP contribution in [0.4, 0.5) is 0 Å². The Bertz CT molecular complexity index is 398. The van der Waals surface area contributed by atoms with Gasteiger partial charge in [0.25, 0.3) is 0 Å². The molecule has 92 valence electrons. The fourth-order valence-corrected chi connectivity index (χ4v) is 3.59. The molecule has 1 unspecified atom stereocenters. The first-order valence-electron chi connectivity index (χ1n) is 7.39. The van der Waals surface area contributed by atoms with Crippen molar-refractivity contribution in [3.63, 3.8) is 0 Å². The molecule has 1 saturated carbocycles. The Labute approximate surface area is 105 Å². The molecule has 17 heavy (non-hydrogen) atoms. The lowest BCUT2D eigenvalue weighted by Crippen LogP contribution is -2.26. The maximum atomic E-state index is 5.05. The van der Waals surface area contributed by atoms with Gasteiger partial charge in [-0.1, -0.05) is 25.8 Å². The summed E-state index contributed by atoms with van der Waals surface area (Å²) in [7, 11) is 0. The van der Waals surface area contributed by atoms with Gasteiger partial charge in [0.1, 0.15) is 0 Å². The molecule has 0 saturated heterocycles. The second-order valence-corrected chi connectivity index (χ2v) is 5.60. The third-order valence-electron chi connectivity index (χ3n) is 4.38. The first kappa shape index (κ1) is 11.3. The van der Waals surface area contributed by atoms with Crippen molar-refractivity contribution in [1.82, 2.24) is 0 Å². The van der Waals surface area contributed by atoms with E-state index in [9.17, 15) is 0 Å². The lowest BCUT2D eigenvalue weighted by molar-refractivity contribution is 0.525. The van der Waals surface area contributed by atoms with Crippen molar-refractivity contribution >= 4 is 5.71 Å². The van der Waals surface area contributed by atoms with Crippen molar-refractivity contribution in [3.05, 3.63) is 22.8 Å². The SMILES string of the molecule is CCCC1=C2CCCCC2N=C2CCCC=C21. The van der Waals surface area contributed by atoms with Crippen LogP contribution in [-0.2, 0) is 0 Å². The summed E-state index contributed by atoms with van der Waals surface area (Å²) in [4.78, 5) is 5.05. The van der Waals surface area contributed by atoms with Gasteiger partial charge in [0.2, 0.25) is 0 Å². The van der Waals surface area contributed by atoms with Crippen LogP contribution in [0.1, 0.15) is 64.7 Å².